The first-order chi connectivity index (χ1) is 16.5. The van der Waals surface area contributed by atoms with Crippen LogP contribution in [-0.2, 0) is 11.2 Å². The van der Waals surface area contributed by atoms with Crippen LogP contribution in [0.4, 0.5) is 4.39 Å². The Kier molecular flexibility index (Phi) is 7.30. The molecule has 1 atom stereocenters. The molecule has 9 heteroatoms. The fourth-order valence-corrected chi connectivity index (χ4v) is 3.99. The minimum atomic E-state index is -0.504. The first-order valence-corrected chi connectivity index (χ1v) is 11.4. The molecule has 0 aliphatic carbocycles. The maximum Gasteiger partial charge on any atom is 0.232 e. The highest BCUT2D eigenvalue weighted by atomic mass is 19.1. The van der Waals surface area contributed by atoms with Crippen molar-refractivity contribution in [3.05, 3.63) is 53.7 Å². The molecule has 3 aromatic rings. The molecule has 1 aliphatic heterocycles. The molecule has 180 valence electrons. The number of halogens is 1. The zero-order valence-electron chi connectivity index (χ0n) is 19.5. The number of methoxy groups -OCH3 is 1. The fraction of sp³-hybridized carbons (Fsp3) is 0.400. The van der Waals surface area contributed by atoms with E-state index in [0.717, 1.165) is 5.56 Å². The Bertz CT molecular complexity index is 1150. The van der Waals surface area contributed by atoms with Gasteiger partial charge in [-0.1, -0.05) is 11.2 Å². The van der Waals surface area contributed by atoms with Crippen molar-refractivity contribution in [3.63, 3.8) is 0 Å². The summed E-state index contributed by atoms with van der Waals surface area (Å²) < 4.78 is 35.7. The van der Waals surface area contributed by atoms with E-state index in [9.17, 15) is 9.18 Å². The van der Waals surface area contributed by atoms with E-state index in [4.69, 9.17) is 18.7 Å². The topological polar surface area (TPSA) is 86.9 Å². The van der Waals surface area contributed by atoms with Crippen LogP contribution in [0.5, 0.6) is 17.2 Å². The Balaban J connectivity index is 1.39. The molecule has 4 rings (SSSR count). The molecule has 0 bridgehead atoms. The number of likely N-dealkylation sites (tertiary alicyclic amines) is 1. The van der Waals surface area contributed by atoms with Gasteiger partial charge in [-0.25, -0.2) is 4.39 Å². The second kappa shape index (κ2) is 10.5. The van der Waals surface area contributed by atoms with Crippen molar-refractivity contribution in [2.75, 3.05) is 33.4 Å². The lowest BCUT2D eigenvalue weighted by Crippen LogP contribution is -2.27. The highest BCUT2D eigenvalue weighted by Crippen LogP contribution is 2.31. The van der Waals surface area contributed by atoms with Crippen LogP contribution in [0.25, 0.3) is 11.4 Å². The number of amides is 1. The van der Waals surface area contributed by atoms with Gasteiger partial charge in [-0.05, 0) is 56.2 Å². The standard InChI is InChI=1S/C25H28FN3O5/c1-4-32-21-8-6-16(12-22(21)33-5-2)10-11-29-15-18(14-23(29)30)25-27-24(28-34-25)17-7-9-20(31-3)19(26)13-17/h6-9,12-13,18H,4-5,10-11,14-15H2,1-3H3. The molecule has 0 N–H and O–H groups in total. The summed E-state index contributed by atoms with van der Waals surface area (Å²) in [4.78, 5) is 18.8. The summed E-state index contributed by atoms with van der Waals surface area (Å²) in [5, 5.41) is 3.97. The van der Waals surface area contributed by atoms with E-state index in [1.807, 2.05) is 32.0 Å². The highest BCUT2D eigenvalue weighted by Gasteiger charge is 2.34. The van der Waals surface area contributed by atoms with Crippen molar-refractivity contribution < 1.29 is 27.9 Å². The molecular formula is C25H28FN3O5. The average Bonchev–Trinajstić information content (AvgIpc) is 3.46. The number of hydrogen-bond donors (Lipinski definition) is 0. The zero-order chi connectivity index (χ0) is 24.1. The highest BCUT2D eigenvalue weighted by molar-refractivity contribution is 5.79. The van der Waals surface area contributed by atoms with Crippen molar-refractivity contribution in [2.24, 2.45) is 0 Å². The lowest BCUT2D eigenvalue weighted by atomic mass is 10.1. The third kappa shape index (κ3) is 5.13. The second-order valence-corrected chi connectivity index (χ2v) is 7.94. The summed E-state index contributed by atoms with van der Waals surface area (Å²) in [6.07, 6.45) is 0.983. The maximum absolute atomic E-state index is 14.0. The number of hydrogen-bond acceptors (Lipinski definition) is 7. The lowest BCUT2D eigenvalue weighted by molar-refractivity contribution is -0.127. The first-order valence-electron chi connectivity index (χ1n) is 11.4. The number of ether oxygens (including phenoxy) is 3. The Hall–Kier alpha value is -3.62. The quantitative estimate of drug-likeness (QED) is 0.439. The molecule has 2 heterocycles. The van der Waals surface area contributed by atoms with Gasteiger partial charge in [0.2, 0.25) is 17.6 Å². The predicted octanol–water partition coefficient (Wildman–Crippen LogP) is 4.24. The van der Waals surface area contributed by atoms with Crippen LogP contribution in [0.15, 0.2) is 40.9 Å². The number of aromatic nitrogens is 2. The number of benzene rings is 2. The summed E-state index contributed by atoms with van der Waals surface area (Å²) in [6, 6.07) is 10.3. The van der Waals surface area contributed by atoms with E-state index < -0.39 is 5.82 Å². The Morgan fingerprint density at radius 2 is 1.85 bits per heavy atom. The van der Waals surface area contributed by atoms with Crippen molar-refractivity contribution in [1.82, 2.24) is 15.0 Å². The number of carbonyl (C=O) groups is 1. The SMILES string of the molecule is CCOc1ccc(CCN2CC(c3nc(-c4ccc(OC)c(F)c4)no3)CC2=O)cc1OCC. The summed E-state index contributed by atoms with van der Waals surface area (Å²) in [5.41, 5.74) is 1.54. The van der Waals surface area contributed by atoms with Crippen LogP contribution >= 0.6 is 0 Å². The fourth-order valence-electron chi connectivity index (χ4n) is 3.99. The third-order valence-electron chi connectivity index (χ3n) is 5.69. The van der Waals surface area contributed by atoms with Crippen molar-refractivity contribution >= 4 is 5.91 Å². The maximum atomic E-state index is 14.0. The van der Waals surface area contributed by atoms with Crippen LogP contribution < -0.4 is 14.2 Å². The van der Waals surface area contributed by atoms with Gasteiger partial charge in [-0.15, -0.1) is 0 Å². The smallest absolute Gasteiger partial charge is 0.232 e. The Morgan fingerprint density at radius 1 is 1.09 bits per heavy atom. The van der Waals surface area contributed by atoms with Crippen LogP contribution in [0.2, 0.25) is 0 Å². The van der Waals surface area contributed by atoms with Gasteiger partial charge in [0.1, 0.15) is 0 Å². The zero-order valence-corrected chi connectivity index (χ0v) is 19.5. The lowest BCUT2D eigenvalue weighted by Gasteiger charge is -2.17. The van der Waals surface area contributed by atoms with Crippen LogP contribution in [0, 0.1) is 5.82 Å². The summed E-state index contributed by atoms with van der Waals surface area (Å²) >= 11 is 0. The first kappa shape index (κ1) is 23.5. The molecule has 1 aliphatic rings. The monoisotopic (exact) mass is 469 g/mol. The molecule has 8 nitrogen and oxygen atoms in total. The molecule has 1 saturated heterocycles. The largest absolute Gasteiger partial charge is 0.494 e. The average molecular weight is 470 g/mol. The molecule has 1 amide bonds. The number of nitrogens with zero attached hydrogens (tertiary/aromatic N) is 3. The molecule has 0 saturated carbocycles. The van der Waals surface area contributed by atoms with Crippen molar-refractivity contribution in [2.45, 2.75) is 32.6 Å². The number of rotatable bonds is 10. The molecule has 1 aromatic heterocycles. The minimum absolute atomic E-state index is 0.0382. The molecule has 2 aromatic carbocycles. The molecule has 0 spiro atoms. The predicted molar refractivity (Wildman–Crippen MR) is 123 cm³/mol. The Labute approximate surface area is 197 Å². The van der Waals surface area contributed by atoms with Gasteiger partial charge in [0, 0.05) is 25.1 Å². The molecule has 34 heavy (non-hydrogen) atoms. The van der Waals surface area contributed by atoms with Gasteiger partial charge in [0.25, 0.3) is 0 Å². The van der Waals surface area contributed by atoms with Gasteiger partial charge in [-0.2, -0.15) is 4.98 Å². The van der Waals surface area contributed by atoms with Crippen LogP contribution in [0.3, 0.4) is 0 Å². The van der Waals surface area contributed by atoms with Gasteiger partial charge in [0.15, 0.2) is 23.1 Å². The van der Waals surface area contributed by atoms with Crippen LogP contribution in [-0.4, -0.2) is 54.4 Å². The van der Waals surface area contributed by atoms with Gasteiger partial charge in [0.05, 0.1) is 26.2 Å². The van der Waals surface area contributed by atoms with Gasteiger partial charge in [-0.3, -0.25) is 4.79 Å². The van der Waals surface area contributed by atoms with E-state index in [-0.39, 0.29) is 23.4 Å². The van der Waals surface area contributed by atoms with Crippen molar-refractivity contribution in [1.29, 1.82) is 0 Å². The second-order valence-electron chi connectivity index (χ2n) is 7.94. The molecule has 1 unspecified atom stereocenters. The van der Waals surface area contributed by atoms with E-state index in [2.05, 4.69) is 10.1 Å². The molecule has 0 radical (unpaired) electrons. The minimum Gasteiger partial charge on any atom is -0.494 e. The van der Waals surface area contributed by atoms with Crippen LogP contribution in [0.1, 0.15) is 37.6 Å². The number of carbonyl (C=O) groups excluding carboxylic acids is 1. The van der Waals surface area contributed by atoms with E-state index in [1.54, 1.807) is 11.0 Å². The van der Waals surface area contributed by atoms with E-state index in [0.29, 0.717) is 62.1 Å². The molecular weight excluding hydrogens is 441 g/mol. The van der Waals surface area contributed by atoms with E-state index in [1.165, 1.54) is 19.2 Å². The van der Waals surface area contributed by atoms with E-state index >= 15 is 0 Å². The normalized spacial score (nSPS) is 15.6. The third-order valence-corrected chi connectivity index (χ3v) is 5.69. The van der Waals surface area contributed by atoms with Gasteiger partial charge >= 0.3 is 0 Å². The van der Waals surface area contributed by atoms with Crippen molar-refractivity contribution in [3.8, 4) is 28.6 Å². The van der Waals surface area contributed by atoms with Gasteiger partial charge < -0.3 is 23.6 Å². The summed E-state index contributed by atoms with van der Waals surface area (Å²) in [7, 11) is 1.40. The summed E-state index contributed by atoms with van der Waals surface area (Å²) in [5.74, 6) is 1.56. The molecule has 1 fully saturated rings. The summed E-state index contributed by atoms with van der Waals surface area (Å²) in [6.45, 7) is 6.03. The Morgan fingerprint density at radius 3 is 2.59 bits per heavy atom.